The van der Waals surface area contributed by atoms with E-state index in [1.165, 1.54) is 0 Å². The molecular formula is C12H24N2O3. The van der Waals surface area contributed by atoms with Gasteiger partial charge in [-0.1, -0.05) is 27.7 Å². The average molecular weight is 244 g/mol. The maximum absolute atomic E-state index is 11.6. The van der Waals surface area contributed by atoms with Crippen molar-refractivity contribution in [3.8, 4) is 0 Å². The van der Waals surface area contributed by atoms with Gasteiger partial charge in [0.25, 0.3) is 0 Å². The molecular weight excluding hydrogens is 220 g/mol. The highest BCUT2D eigenvalue weighted by Gasteiger charge is 2.32. The summed E-state index contributed by atoms with van der Waals surface area (Å²) in [7, 11) is 0. The van der Waals surface area contributed by atoms with E-state index in [-0.39, 0.29) is 18.5 Å². The number of hydrogen-bond donors (Lipinski definition) is 3. The van der Waals surface area contributed by atoms with Gasteiger partial charge in [0.1, 0.15) is 6.04 Å². The zero-order valence-corrected chi connectivity index (χ0v) is 11.3. The highest BCUT2D eigenvalue weighted by molar-refractivity contribution is 5.85. The molecule has 0 fully saturated rings. The van der Waals surface area contributed by atoms with Gasteiger partial charge in [-0.3, -0.25) is 4.79 Å². The number of hydrogen-bond acceptors (Lipinski definition) is 3. The first kappa shape index (κ1) is 15.9. The van der Waals surface area contributed by atoms with Gasteiger partial charge < -0.3 is 15.7 Å². The van der Waals surface area contributed by atoms with E-state index in [1.807, 2.05) is 13.8 Å². The second-order valence-electron chi connectivity index (χ2n) is 5.39. The van der Waals surface area contributed by atoms with E-state index in [4.69, 9.17) is 5.11 Å². The first-order chi connectivity index (χ1) is 7.68. The molecule has 3 N–H and O–H groups in total. The Balaban J connectivity index is 4.29. The number of carboxylic acid groups (broad SMARTS) is 1. The van der Waals surface area contributed by atoms with E-state index in [0.717, 1.165) is 6.42 Å². The smallest absolute Gasteiger partial charge is 0.326 e. The number of carbonyl (C=O) groups excluding carboxylic acids is 1. The molecule has 5 nitrogen and oxygen atoms in total. The van der Waals surface area contributed by atoms with Gasteiger partial charge >= 0.3 is 5.97 Å². The van der Waals surface area contributed by atoms with E-state index in [2.05, 4.69) is 10.6 Å². The fourth-order valence-electron chi connectivity index (χ4n) is 1.27. The molecule has 0 spiro atoms. The van der Waals surface area contributed by atoms with Crippen LogP contribution in [-0.4, -0.2) is 35.6 Å². The maximum Gasteiger partial charge on any atom is 0.326 e. The molecule has 2 atom stereocenters. The van der Waals surface area contributed by atoms with E-state index in [1.54, 1.807) is 20.8 Å². The number of carboxylic acids is 1. The Kier molecular flexibility index (Phi) is 6.16. The minimum Gasteiger partial charge on any atom is -0.480 e. The Bertz CT molecular complexity index is 271. The summed E-state index contributed by atoms with van der Waals surface area (Å²) < 4.78 is 0. The van der Waals surface area contributed by atoms with E-state index in [9.17, 15) is 9.59 Å². The van der Waals surface area contributed by atoms with E-state index < -0.39 is 17.4 Å². The Morgan fingerprint density at radius 3 is 2.18 bits per heavy atom. The largest absolute Gasteiger partial charge is 0.480 e. The summed E-state index contributed by atoms with van der Waals surface area (Å²) in [4.78, 5) is 22.6. The molecule has 0 saturated heterocycles. The van der Waals surface area contributed by atoms with E-state index in [0.29, 0.717) is 0 Å². The number of carbonyl (C=O) groups is 2. The molecule has 0 radical (unpaired) electrons. The van der Waals surface area contributed by atoms with Crippen molar-refractivity contribution in [3.63, 3.8) is 0 Å². The summed E-state index contributed by atoms with van der Waals surface area (Å²) >= 11 is 0. The van der Waals surface area contributed by atoms with Gasteiger partial charge in [0.15, 0.2) is 0 Å². The van der Waals surface area contributed by atoms with Crippen molar-refractivity contribution in [2.45, 2.75) is 53.1 Å². The van der Waals surface area contributed by atoms with Crippen LogP contribution in [0.1, 0.15) is 41.0 Å². The molecule has 1 unspecified atom stereocenters. The Morgan fingerprint density at radius 2 is 1.82 bits per heavy atom. The molecule has 0 aliphatic carbocycles. The summed E-state index contributed by atoms with van der Waals surface area (Å²) in [5.41, 5.74) is -0.502. The lowest BCUT2D eigenvalue weighted by Gasteiger charge is -2.28. The lowest BCUT2D eigenvalue weighted by atomic mass is 9.87. The molecule has 0 aliphatic rings. The topological polar surface area (TPSA) is 78.4 Å². The van der Waals surface area contributed by atoms with Crippen LogP contribution in [0.5, 0.6) is 0 Å². The minimum atomic E-state index is -1.01. The zero-order chi connectivity index (χ0) is 13.6. The fraction of sp³-hybridized carbons (Fsp3) is 0.833. The Hall–Kier alpha value is -1.10. The van der Waals surface area contributed by atoms with Crippen LogP contribution >= 0.6 is 0 Å². The number of amides is 1. The molecule has 0 saturated carbocycles. The lowest BCUT2D eigenvalue weighted by Crippen LogP contribution is -2.51. The summed E-state index contributed by atoms with van der Waals surface area (Å²) in [6, 6.07) is -0.618. The first-order valence-electron chi connectivity index (χ1n) is 5.94. The van der Waals surface area contributed by atoms with Crippen molar-refractivity contribution < 1.29 is 14.7 Å². The van der Waals surface area contributed by atoms with Crippen LogP contribution in [-0.2, 0) is 9.59 Å². The first-order valence-corrected chi connectivity index (χ1v) is 5.94. The summed E-state index contributed by atoms with van der Waals surface area (Å²) in [5.74, 6) is -1.29. The summed E-state index contributed by atoms with van der Waals surface area (Å²) in [5, 5.41) is 14.6. The minimum absolute atomic E-state index is 0.148. The molecule has 100 valence electrons. The summed E-state index contributed by atoms with van der Waals surface area (Å²) in [6.45, 7) is 9.50. The van der Waals surface area contributed by atoms with Gasteiger partial charge in [-0.15, -0.1) is 0 Å². The molecule has 0 aromatic carbocycles. The van der Waals surface area contributed by atoms with Crippen molar-refractivity contribution in [2.75, 3.05) is 6.54 Å². The SMILES string of the molecule is CCC(C)NCC(=O)N[C@H](C(=O)O)C(C)(C)C. The van der Waals surface area contributed by atoms with Gasteiger partial charge in [0.2, 0.25) is 5.91 Å². The predicted molar refractivity (Wildman–Crippen MR) is 66.8 cm³/mol. The Morgan fingerprint density at radius 1 is 1.29 bits per heavy atom. The van der Waals surface area contributed by atoms with Gasteiger partial charge in [-0.05, 0) is 18.8 Å². The second-order valence-corrected chi connectivity index (χ2v) is 5.39. The van der Waals surface area contributed by atoms with Gasteiger partial charge in [0, 0.05) is 6.04 Å². The van der Waals surface area contributed by atoms with Gasteiger partial charge in [0.05, 0.1) is 6.54 Å². The predicted octanol–water partition coefficient (Wildman–Crippen LogP) is 0.990. The monoisotopic (exact) mass is 244 g/mol. The van der Waals surface area contributed by atoms with Crippen LogP contribution < -0.4 is 10.6 Å². The molecule has 5 heteroatoms. The molecule has 0 aromatic heterocycles. The molecule has 0 aromatic rings. The summed E-state index contributed by atoms with van der Waals surface area (Å²) in [6.07, 6.45) is 0.926. The van der Waals surface area contributed by atoms with Crippen LogP contribution in [0.25, 0.3) is 0 Å². The molecule has 0 rings (SSSR count). The van der Waals surface area contributed by atoms with Crippen LogP contribution in [0.2, 0.25) is 0 Å². The van der Waals surface area contributed by atoms with Gasteiger partial charge in [-0.25, -0.2) is 4.79 Å². The highest BCUT2D eigenvalue weighted by atomic mass is 16.4. The molecule has 0 aliphatic heterocycles. The third-order valence-electron chi connectivity index (χ3n) is 2.64. The molecule has 0 bridgehead atoms. The van der Waals surface area contributed by atoms with Crippen molar-refractivity contribution in [3.05, 3.63) is 0 Å². The van der Waals surface area contributed by atoms with Crippen molar-refractivity contribution in [1.29, 1.82) is 0 Å². The van der Waals surface area contributed by atoms with Crippen LogP contribution in [0.3, 0.4) is 0 Å². The van der Waals surface area contributed by atoms with Crippen molar-refractivity contribution in [2.24, 2.45) is 5.41 Å². The average Bonchev–Trinajstić information content (AvgIpc) is 2.20. The van der Waals surface area contributed by atoms with Gasteiger partial charge in [-0.2, -0.15) is 0 Å². The molecule has 1 amide bonds. The number of aliphatic carboxylic acids is 1. The molecule has 17 heavy (non-hydrogen) atoms. The third-order valence-corrected chi connectivity index (χ3v) is 2.64. The second kappa shape index (κ2) is 6.59. The highest BCUT2D eigenvalue weighted by Crippen LogP contribution is 2.19. The Labute approximate surface area is 103 Å². The van der Waals surface area contributed by atoms with Crippen molar-refractivity contribution in [1.82, 2.24) is 10.6 Å². The van der Waals surface area contributed by atoms with Crippen LogP contribution in [0, 0.1) is 5.41 Å². The maximum atomic E-state index is 11.6. The fourth-order valence-corrected chi connectivity index (χ4v) is 1.27. The van der Waals surface area contributed by atoms with E-state index >= 15 is 0 Å². The third kappa shape index (κ3) is 6.26. The standard InChI is InChI=1S/C12H24N2O3/c1-6-8(2)13-7-9(15)14-10(11(16)17)12(3,4)5/h8,10,13H,6-7H2,1-5H3,(H,14,15)(H,16,17)/t8?,10-/m1/s1. The zero-order valence-electron chi connectivity index (χ0n) is 11.3. The lowest BCUT2D eigenvalue weighted by molar-refractivity contribution is -0.144. The van der Waals surface area contributed by atoms with Crippen LogP contribution in [0.4, 0.5) is 0 Å². The normalized spacial score (nSPS) is 15.1. The quantitative estimate of drug-likeness (QED) is 0.651. The van der Waals surface area contributed by atoms with Crippen LogP contribution in [0.15, 0.2) is 0 Å². The van der Waals surface area contributed by atoms with Crippen molar-refractivity contribution >= 4 is 11.9 Å². The molecule has 0 heterocycles. The number of nitrogens with one attached hydrogen (secondary N) is 2. The number of rotatable bonds is 6.